The maximum Gasteiger partial charge on any atom is 0.253 e. The van der Waals surface area contributed by atoms with Crippen molar-refractivity contribution in [3.05, 3.63) is 65.7 Å². The highest BCUT2D eigenvalue weighted by atomic mass is 32.2. The van der Waals surface area contributed by atoms with E-state index in [1.807, 2.05) is 18.2 Å². The molecule has 0 aliphatic carbocycles. The lowest BCUT2D eigenvalue weighted by molar-refractivity contribution is 0.0533. The Balaban J connectivity index is 1.82. The Kier molecular flexibility index (Phi) is 5.40. The molecule has 2 aromatic carbocycles. The van der Waals surface area contributed by atoms with Crippen LogP contribution in [0.3, 0.4) is 0 Å². The summed E-state index contributed by atoms with van der Waals surface area (Å²) in [5.41, 5.74) is 7.11. The molecule has 3 rings (SSSR count). The maximum absolute atomic E-state index is 12.9. The Morgan fingerprint density at radius 2 is 1.85 bits per heavy atom. The molecule has 2 N–H and O–H groups in total. The van der Waals surface area contributed by atoms with Crippen molar-refractivity contribution in [2.45, 2.75) is 37.0 Å². The number of carbonyl (C=O) groups excluding carboxylic acids is 1. The standard InChI is InChI=1S/C21H26N2O3S/c1-21(2)15-23(12-11-19(21)22)20(24)17-9-6-10-18(13-17)27(25,26)14-16-7-4-3-5-8-16/h3-10,13,19H,11-12,14-15,22H2,1-2H3. The quantitative estimate of drug-likeness (QED) is 0.876. The van der Waals surface area contributed by atoms with E-state index in [9.17, 15) is 13.2 Å². The van der Waals surface area contributed by atoms with Crippen LogP contribution >= 0.6 is 0 Å². The molecule has 1 amide bonds. The summed E-state index contributed by atoms with van der Waals surface area (Å²) in [6.45, 7) is 5.26. The van der Waals surface area contributed by atoms with Crippen molar-refractivity contribution in [1.82, 2.24) is 4.90 Å². The highest BCUT2D eigenvalue weighted by Gasteiger charge is 2.35. The SMILES string of the molecule is CC1(C)CN(C(=O)c2cccc(S(=O)(=O)Cc3ccccc3)c2)CCC1N. The number of carbonyl (C=O) groups is 1. The topological polar surface area (TPSA) is 80.5 Å². The number of benzene rings is 2. The van der Waals surface area contributed by atoms with Gasteiger partial charge in [-0.3, -0.25) is 4.79 Å². The Labute approximate surface area is 161 Å². The number of piperidine rings is 1. The van der Waals surface area contributed by atoms with Crippen LogP contribution in [-0.2, 0) is 15.6 Å². The van der Waals surface area contributed by atoms with Crippen molar-refractivity contribution in [2.24, 2.45) is 11.1 Å². The number of nitrogens with zero attached hydrogens (tertiary/aromatic N) is 1. The molecular weight excluding hydrogens is 360 g/mol. The van der Waals surface area contributed by atoms with Crippen molar-refractivity contribution in [3.8, 4) is 0 Å². The number of rotatable bonds is 4. The van der Waals surface area contributed by atoms with Crippen LogP contribution in [0.2, 0.25) is 0 Å². The third-order valence-corrected chi connectivity index (χ3v) is 6.92. The highest BCUT2D eigenvalue weighted by molar-refractivity contribution is 7.90. The molecule has 1 atom stereocenters. The lowest BCUT2D eigenvalue weighted by Gasteiger charge is -2.42. The zero-order valence-electron chi connectivity index (χ0n) is 15.8. The summed E-state index contributed by atoms with van der Waals surface area (Å²) in [5, 5.41) is 0. The maximum atomic E-state index is 12.9. The molecule has 0 radical (unpaired) electrons. The first-order chi connectivity index (χ1) is 12.7. The fourth-order valence-corrected chi connectivity index (χ4v) is 4.82. The van der Waals surface area contributed by atoms with Crippen molar-refractivity contribution >= 4 is 15.7 Å². The Hall–Kier alpha value is -2.18. The number of likely N-dealkylation sites (tertiary alicyclic amines) is 1. The Morgan fingerprint density at radius 1 is 1.15 bits per heavy atom. The molecule has 27 heavy (non-hydrogen) atoms. The van der Waals surface area contributed by atoms with Gasteiger partial charge < -0.3 is 10.6 Å². The molecule has 0 spiro atoms. The average Bonchev–Trinajstić information content (AvgIpc) is 2.64. The summed E-state index contributed by atoms with van der Waals surface area (Å²) >= 11 is 0. The zero-order chi connectivity index (χ0) is 19.7. The summed E-state index contributed by atoms with van der Waals surface area (Å²) in [6.07, 6.45) is 0.741. The van der Waals surface area contributed by atoms with E-state index in [1.54, 1.807) is 35.2 Å². The Morgan fingerprint density at radius 3 is 2.52 bits per heavy atom. The minimum absolute atomic E-state index is 0.0548. The van der Waals surface area contributed by atoms with Crippen molar-refractivity contribution in [2.75, 3.05) is 13.1 Å². The normalized spacial score (nSPS) is 19.7. The van der Waals surface area contributed by atoms with Crippen LogP contribution in [0.1, 0.15) is 36.2 Å². The molecule has 1 saturated heterocycles. The van der Waals surface area contributed by atoms with E-state index >= 15 is 0 Å². The third kappa shape index (κ3) is 4.39. The monoisotopic (exact) mass is 386 g/mol. The second-order valence-corrected chi connectivity index (χ2v) is 9.87. The van der Waals surface area contributed by atoms with E-state index in [0.717, 1.165) is 12.0 Å². The van der Waals surface area contributed by atoms with E-state index < -0.39 is 9.84 Å². The predicted molar refractivity (Wildman–Crippen MR) is 106 cm³/mol. The molecule has 6 heteroatoms. The van der Waals surface area contributed by atoms with Crippen molar-refractivity contribution in [3.63, 3.8) is 0 Å². The molecule has 1 aliphatic heterocycles. The summed E-state index contributed by atoms with van der Waals surface area (Å²) in [6, 6.07) is 15.4. The van der Waals surface area contributed by atoms with Crippen LogP contribution in [0.15, 0.2) is 59.5 Å². The molecule has 0 bridgehead atoms. The minimum atomic E-state index is -3.52. The van der Waals surface area contributed by atoms with Crippen LogP contribution in [0.4, 0.5) is 0 Å². The van der Waals surface area contributed by atoms with Gasteiger partial charge in [-0.15, -0.1) is 0 Å². The van der Waals surface area contributed by atoms with Crippen LogP contribution < -0.4 is 5.73 Å². The van der Waals surface area contributed by atoms with Crippen LogP contribution in [0.5, 0.6) is 0 Å². The van der Waals surface area contributed by atoms with Gasteiger partial charge >= 0.3 is 0 Å². The van der Waals surface area contributed by atoms with Gasteiger partial charge in [-0.05, 0) is 35.6 Å². The van der Waals surface area contributed by atoms with Crippen molar-refractivity contribution in [1.29, 1.82) is 0 Å². The lowest BCUT2D eigenvalue weighted by Crippen LogP contribution is -2.54. The smallest absolute Gasteiger partial charge is 0.253 e. The Bertz CT molecular complexity index is 923. The van der Waals surface area contributed by atoms with E-state index in [-0.39, 0.29) is 28.0 Å². The van der Waals surface area contributed by atoms with Crippen LogP contribution in [0.25, 0.3) is 0 Å². The first kappa shape index (κ1) is 19.6. The predicted octanol–water partition coefficient (Wildman–Crippen LogP) is 2.86. The highest BCUT2D eigenvalue weighted by Crippen LogP contribution is 2.29. The first-order valence-electron chi connectivity index (χ1n) is 9.11. The zero-order valence-corrected chi connectivity index (χ0v) is 16.6. The summed E-state index contributed by atoms with van der Waals surface area (Å²) in [4.78, 5) is 14.9. The average molecular weight is 387 g/mol. The molecule has 2 aromatic rings. The lowest BCUT2D eigenvalue weighted by atomic mass is 9.79. The number of nitrogens with two attached hydrogens (primary N) is 1. The van der Waals surface area contributed by atoms with Crippen LogP contribution in [0, 0.1) is 5.41 Å². The molecule has 144 valence electrons. The third-order valence-electron chi connectivity index (χ3n) is 5.24. The summed E-state index contributed by atoms with van der Waals surface area (Å²) < 4.78 is 25.5. The second-order valence-electron chi connectivity index (χ2n) is 7.88. The number of hydrogen-bond acceptors (Lipinski definition) is 4. The van der Waals surface area contributed by atoms with E-state index in [0.29, 0.717) is 18.7 Å². The van der Waals surface area contributed by atoms with Gasteiger partial charge in [0.1, 0.15) is 0 Å². The van der Waals surface area contributed by atoms with Gasteiger partial charge in [-0.1, -0.05) is 50.2 Å². The summed E-state index contributed by atoms with van der Waals surface area (Å²) in [5.74, 6) is -0.233. The molecule has 0 aromatic heterocycles. The van der Waals surface area contributed by atoms with E-state index in [4.69, 9.17) is 5.73 Å². The van der Waals surface area contributed by atoms with Gasteiger partial charge in [0.15, 0.2) is 9.84 Å². The van der Waals surface area contributed by atoms with Gasteiger partial charge in [-0.25, -0.2) is 8.42 Å². The molecule has 1 fully saturated rings. The van der Waals surface area contributed by atoms with E-state index in [1.165, 1.54) is 6.07 Å². The molecule has 1 heterocycles. The van der Waals surface area contributed by atoms with Gasteiger partial charge in [0, 0.05) is 24.7 Å². The molecule has 1 unspecified atom stereocenters. The van der Waals surface area contributed by atoms with Gasteiger partial charge in [0.25, 0.3) is 5.91 Å². The first-order valence-corrected chi connectivity index (χ1v) is 10.8. The number of amides is 1. The number of sulfone groups is 1. The van der Waals surface area contributed by atoms with Crippen LogP contribution in [-0.4, -0.2) is 38.4 Å². The second kappa shape index (κ2) is 7.44. The fraction of sp³-hybridized carbons (Fsp3) is 0.381. The molecule has 5 nitrogen and oxygen atoms in total. The van der Waals surface area contributed by atoms with Gasteiger partial charge in [0.2, 0.25) is 0 Å². The molecular formula is C21H26N2O3S. The minimum Gasteiger partial charge on any atom is -0.338 e. The summed E-state index contributed by atoms with van der Waals surface area (Å²) in [7, 11) is -3.52. The van der Waals surface area contributed by atoms with Gasteiger partial charge in [0.05, 0.1) is 10.6 Å². The van der Waals surface area contributed by atoms with E-state index in [2.05, 4.69) is 13.8 Å². The van der Waals surface area contributed by atoms with Crippen molar-refractivity contribution < 1.29 is 13.2 Å². The fourth-order valence-electron chi connectivity index (χ4n) is 3.43. The molecule has 0 saturated carbocycles. The van der Waals surface area contributed by atoms with Gasteiger partial charge in [-0.2, -0.15) is 0 Å². The largest absolute Gasteiger partial charge is 0.338 e. The number of hydrogen-bond donors (Lipinski definition) is 1. The molecule has 1 aliphatic rings.